The van der Waals surface area contributed by atoms with Crippen LogP contribution in [0.4, 0.5) is 17.1 Å². The molecule has 0 fully saturated rings. The fraction of sp³-hybridized carbons (Fsp3) is 0.0556. The molecule has 1 aromatic heterocycles. The van der Waals surface area contributed by atoms with Crippen molar-refractivity contribution in [2.45, 2.75) is 12.3 Å². The number of nitrogens with two attached hydrogens (primary N) is 1. The van der Waals surface area contributed by atoms with E-state index in [1.54, 1.807) is 0 Å². The van der Waals surface area contributed by atoms with Crippen LogP contribution in [0.3, 0.4) is 0 Å². The van der Waals surface area contributed by atoms with Gasteiger partial charge in [-0.2, -0.15) is 0 Å². The molecular weight excluding hydrogens is 476 g/mol. The minimum atomic E-state index is 0.216. The molecule has 3 heteroatoms. The van der Waals surface area contributed by atoms with Gasteiger partial charge >= 0.3 is 0 Å². The molecule has 7 rings (SSSR count). The monoisotopic (exact) mass is 504 g/mol. The number of nitrogens with one attached hydrogen (secondary N) is 1. The van der Waals surface area contributed by atoms with E-state index >= 15 is 0 Å². The van der Waals surface area contributed by atoms with Gasteiger partial charge in [-0.3, -0.25) is 0 Å². The van der Waals surface area contributed by atoms with Crippen molar-refractivity contribution in [3.05, 3.63) is 145 Å². The van der Waals surface area contributed by atoms with Crippen LogP contribution in [0.25, 0.3) is 38.6 Å². The van der Waals surface area contributed by atoms with Gasteiger partial charge in [-0.15, -0.1) is 0 Å². The van der Waals surface area contributed by atoms with Crippen LogP contribution in [0, 0.1) is 0 Å². The second kappa shape index (κ2) is 9.70. The van der Waals surface area contributed by atoms with Gasteiger partial charge in [0, 0.05) is 33.8 Å². The molecule has 0 saturated heterocycles. The molecule has 5 aromatic carbocycles. The van der Waals surface area contributed by atoms with Gasteiger partial charge in [-0.1, -0.05) is 85.0 Å². The molecule has 0 radical (unpaired) electrons. The third-order valence-electron chi connectivity index (χ3n) is 7.53. The van der Waals surface area contributed by atoms with Crippen molar-refractivity contribution in [2.75, 3.05) is 11.1 Å². The Morgan fingerprint density at radius 3 is 2.38 bits per heavy atom. The fourth-order valence-electron chi connectivity index (χ4n) is 5.76. The molecule has 0 bridgehead atoms. The number of hydrogen-bond donors (Lipinski definition) is 2. The van der Waals surface area contributed by atoms with E-state index in [0.717, 1.165) is 51.0 Å². The van der Waals surface area contributed by atoms with Gasteiger partial charge in [-0.05, 0) is 82.8 Å². The Bertz CT molecular complexity index is 1880. The van der Waals surface area contributed by atoms with Crippen molar-refractivity contribution >= 4 is 44.6 Å². The number of hydrogen-bond acceptors (Lipinski definition) is 3. The zero-order valence-electron chi connectivity index (χ0n) is 21.5. The highest BCUT2D eigenvalue weighted by molar-refractivity contribution is 6.06. The summed E-state index contributed by atoms with van der Waals surface area (Å²) in [6.45, 7) is 0. The first-order valence-electron chi connectivity index (χ1n) is 13.3. The molecular formula is C36H28N2O. The van der Waals surface area contributed by atoms with Crippen LogP contribution in [0.5, 0.6) is 0 Å². The summed E-state index contributed by atoms with van der Waals surface area (Å²) in [5.41, 5.74) is 17.1. The molecule has 1 aliphatic rings. The summed E-state index contributed by atoms with van der Waals surface area (Å²) >= 11 is 0. The van der Waals surface area contributed by atoms with Crippen molar-refractivity contribution in [1.82, 2.24) is 0 Å². The minimum absolute atomic E-state index is 0.216. The second-order valence-electron chi connectivity index (χ2n) is 10.1. The average molecular weight is 505 g/mol. The van der Waals surface area contributed by atoms with E-state index in [-0.39, 0.29) is 5.92 Å². The average Bonchev–Trinajstić information content (AvgIpc) is 3.35. The maximum Gasteiger partial charge on any atom is 0.135 e. The first-order valence-corrected chi connectivity index (χ1v) is 13.3. The van der Waals surface area contributed by atoms with Gasteiger partial charge in [0.05, 0.1) is 0 Å². The lowest BCUT2D eigenvalue weighted by atomic mass is 9.78. The summed E-state index contributed by atoms with van der Waals surface area (Å²) in [7, 11) is 0. The Labute approximate surface area is 227 Å². The highest BCUT2D eigenvalue weighted by Gasteiger charge is 2.23. The molecule has 0 spiro atoms. The fourth-order valence-corrected chi connectivity index (χ4v) is 5.76. The number of rotatable bonds is 5. The van der Waals surface area contributed by atoms with E-state index in [4.69, 9.17) is 10.2 Å². The Morgan fingerprint density at radius 1 is 0.667 bits per heavy atom. The van der Waals surface area contributed by atoms with E-state index in [9.17, 15) is 0 Å². The quantitative estimate of drug-likeness (QED) is 0.230. The zero-order valence-corrected chi connectivity index (χ0v) is 21.5. The number of para-hydroxylation sites is 2. The summed E-state index contributed by atoms with van der Waals surface area (Å²) < 4.78 is 6.10. The van der Waals surface area contributed by atoms with E-state index in [1.807, 2.05) is 36.4 Å². The predicted molar refractivity (Wildman–Crippen MR) is 164 cm³/mol. The summed E-state index contributed by atoms with van der Waals surface area (Å²) in [6.07, 6.45) is 7.63. The van der Waals surface area contributed by atoms with Gasteiger partial charge in [0.15, 0.2) is 0 Å². The van der Waals surface area contributed by atoms with Crippen molar-refractivity contribution < 1.29 is 4.42 Å². The van der Waals surface area contributed by atoms with Gasteiger partial charge < -0.3 is 15.5 Å². The van der Waals surface area contributed by atoms with Crippen LogP contribution >= 0.6 is 0 Å². The van der Waals surface area contributed by atoms with Crippen LogP contribution in [0.15, 0.2) is 138 Å². The van der Waals surface area contributed by atoms with E-state index in [0.29, 0.717) is 0 Å². The molecule has 3 nitrogen and oxygen atoms in total. The van der Waals surface area contributed by atoms with Crippen LogP contribution in [-0.2, 0) is 0 Å². The molecule has 0 saturated carbocycles. The lowest BCUT2D eigenvalue weighted by Crippen LogP contribution is -2.06. The molecule has 1 atom stereocenters. The maximum atomic E-state index is 6.41. The Balaban J connectivity index is 1.30. The summed E-state index contributed by atoms with van der Waals surface area (Å²) in [4.78, 5) is 0. The molecule has 3 N–H and O–H groups in total. The summed E-state index contributed by atoms with van der Waals surface area (Å²) in [6, 6.07) is 40.0. The van der Waals surface area contributed by atoms with Crippen LogP contribution in [-0.4, -0.2) is 0 Å². The van der Waals surface area contributed by atoms with E-state index < -0.39 is 0 Å². The molecule has 188 valence electrons. The maximum absolute atomic E-state index is 6.41. The summed E-state index contributed by atoms with van der Waals surface area (Å²) in [5, 5.41) is 5.81. The van der Waals surface area contributed by atoms with Crippen molar-refractivity contribution in [1.29, 1.82) is 0 Å². The predicted octanol–water partition coefficient (Wildman–Crippen LogP) is 9.71. The minimum Gasteiger partial charge on any atom is -0.456 e. The third kappa shape index (κ3) is 4.38. The molecule has 6 aromatic rings. The topological polar surface area (TPSA) is 51.2 Å². The Hall–Kier alpha value is -5.02. The van der Waals surface area contributed by atoms with Crippen molar-refractivity contribution in [2.24, 2.45) is 0 Å². The number of fused-ring (bicyclic) bond motifs is 3. The second-order valence-corrected chi connectivity index (χ2v) is 10.1. The molecule has 1 unspecified atom stereocenters. The van der Waals surface area contributed by atoms with Gasteiger partial charge in [-0.25, -0.2) is 0 Å². The number of anilines is 3. The third-order valence-corrected chi connectivity index (χ3v) is 7.53. The lowest BCUT2D eigenvalue weighted by molar-refractivity contribution is 0.669. The number of benzene rings is 5. The van der Waals surface area contributed by atoms with Crippen molar-refractivity contribution in [3.8, 4) is 11.1 Å². The van der Waals surface area contributed by atoms with Gasteiger partial charge in [0.1, 0.15) is 11.2 Å². The highest BCUT2D eigenvalue weighted by Crippen LogP contribution is 2.43. The van der Waals surface area contributed by atoms with Gasteiger partial charge in [0.25, 0.3) is 0 Å². The molecule has 39 heavy (non-hydrogen) atoms. The van der Waals surface area contributed by atoms with Crippen molar-refractivity contribution in [3.63, 3.8) is 0 Å². The SMILES string of the molecule is Nc1cc(Nc2ccccc2)cc(-c2ccccc2C2CC=CC=C2c2ccc3oc4ccccc4c3c2)c1. The molecule has 0 amide bonds. The van der Waals surface area contributed by atoms with Crippen LogP contribution in [0.1, 0.15) is 23.5 Å². The normalized spacial score (nSPS) is 15.0. The highest BCUT2D eigenvalue weighted by atomic mass is 16.3. The van der Waals surface area contributed by atoms with Crippen LogP contribution < -0.4 is 11.1 Å². The number of allylic oxidation sites excluding steroid dienone is 4. The Kier molecular flexibility index (Phi) is 5.75. The molecule has 1 heterocycles. The van der Waals surface area contributed by atoms with E-state index in [1.165, 1.54) is 22.3 Å². The van der Waals surface area contributed by atoms with Crippen LogP contribution in [0.2, 0.25) is 0 Å². The van der Waals surface area contributed by atoms with Gasteiger partial charge in [0.2, 0.25) is 0 Å². The first-order chi connectivity index (χ1) is 19.2. The number of nitrogen functional groups attached to an aromatic ring is 1. The zero-order chi connectivity index (χ0) is 26.2. The molecule has 1 aliphatic carbocycles. The lowest BCUT2D eigenvalue weighted by Gasteiger charge is -2.25. The first kappa shape index (κ1) is 23.1. The Morgan fingerprint density at radius 2 is 1.46 bits per heavy atom. The summed E-state index contributed by atoms with van der Waals surface area (Å²) in [5.74, 6) is 0.216. The smallest absolute Gasteiger partial charge is 0.135 e. The standard InChI is InChI=1S/C36H28N2O/c37-26-20-25(21-28(23-26)38-27-10-2-1-3-11-27)30-13-5-7-15-32(30)31-14-6-4-12-29(31)24-18-19-36-34(22-24)33-16-8-9-17-35(33)39-36/h1-13,15-23,31,38H,14,37H2. The molecule has 0 aliphatic heterocycles. The van der Waals surface area contributed by atoms with E-state index in [2.05, 4.69) is 102 Å². The largest absolute Gasteiger partial charge is 0.456 e. The number of furan rings is 1.